The van der Waals surface area contributed by atoms with E-state index in [0.717, 1.165) is 5.56 Å². The van der Waals surface area contributed by atoms with Crippen molar-refractivity contribution in [1.29, 1.82) is 0 Å². The summed E-state index contributed by atoms with van der Waals surface area (Å²) in [5, 5.41) is 11.2. The Labute approximate surface area is 210 Å². The van der Waals surface area contributed by atoms with Gasteiger partial charge in [0.15, 0.2) is 5.49 Å². The van der Waals surface area contributed by atoms with Crippen LogP contribution in [-0.2, 0) is 11.3 Å². The third-order valence-corrected chi connectivity index (χ3v) is 5.68. The van der Waals surface area contributed by atoms with Gasteiger partial charge >= 0.3 is 5.97 Å². The van der Waals surface area contributed by atoms with E-state index in [0.29, 0.717) is 12.2 Å². The Morgan fingerprint density at radius 1 is 1.16 bits per heavy atom. The number of nitro benzene ring substituents is 1. The molecule has 0 radical (unpaired) electrons. The highest BCUT2D eigenvalue weighted by atomic mass is 16.6. The van der Waals surface area contributed by atoms with Crippen LogP contribution in [0.2, 0.25) is 0 Å². The number of carbonyl (C=O) groups is 2. The fourth-order valence-corrected chi connectivity index (χ4v) is 3.99. The number of non-ortho nitro benzene ring substituents is 1. The van der Waals surface area contributed by atoms with Crippen LogP contribution in [0.5, 0.6) is 0 Å². The summed E-state index contributed by atoms with van der Waals surface area (Å²) >= 11 is 0. The molecule has 0 fully saturated rings. The van der Waals surface area contributed by atoms with E-state index < -0.39 is 16.8 Å². The summed E-state index contributed by atoms with van der Waals surface area (Å²) in [5.74, 6) is -1.43. The maximum Gasteiger partial charge on any atom is 0.341 e. The summed E-state index contributed by atoms with van der Waals surface area (Å²) in [6.07, 6.45) is 1.60. The number of aryl methyl sites for hydroxylation is 1. The van der Waals surface area contributed by atoms with Gasteiger partial charge in [-0.1, -0.05) is 19.9 Å². The van der Waals surface area contributed by atoms with Crippen LogP contribution in [0.3, 0.4) is 0 Å². The highest BCUT2D eigenvalue weighted by Gasteiger charge is 2.21. The van der Waals surface area contributed by atoms with Crippen molar-refractivity contribution in [2.24, 2.45) is 10.9 Å². The lowest BCUT2D eigenvalue weighted by Crippen LogP contribution is -2.34. The zero-order valence-electron chi connectivity index (χ0n) is 20.8. The number of ether oxygens (including phenoxy) is 1. The minimum Gasteiger partial charge on any atom is -0.462 e. The van der Waals surface area contributed by atoms with Crippen LogP contribution in [0, 0.1) is 23.0 Å². The zero-order chi connectivity index (χ0) is 26.9. The number of hydrogen-bond donors (Lipinski definition) is 0. The van der Waals surface area contributed by atoms with Crippen molar-refractivity contribution >= 4 is 34.2 Å². The van der Waals surface area contributed by atoms with Gasteiger partial charge in [-0.25, -0.2) is 9.78 Å². The fraction of sp³-hybridized carbons (Fsp3) is 0.269. The normalized spacial score (nSPS) is 11.9. The predicted molar refractivity (Wildman–Crippen MR) is 135 cm³/mol. The summed E-state index contributed by atoms with van der Waals surface area (Å²) in [6.45, 7) is 7.73. The van der Waals surface area contributed by atoms with Crippen LogP contribution in [0.15, 0.2) is 58.4 Å². The molecule has 0 aliphatic carbocycles. The van der Waals surface area contributed by atoms with Crippen LogP contribution in [0.4, 0.5) is 5.69 Å². The van der Waals surface area contributed by atoms with Gasteiger partial charge in [0.25, 0.3) is 17.2 Å². The first-order valence-corrected chi connectivity index (χ1v) is 11.7. The lowest BCUT2D eigenvalue weighted by molar-refractivity contribution is -0.384. The Bertz CT molecular complexity index is 1680. The lowest BCUT2D eigenvalue weighted by atomic mass is 10.1. The molecule has 0 atom stereocenters. The first kappa shape index (κ1) is 25.4. The number of nitro groups is 1. The number of rotatable bonds is 6. The summed E-state index contributed by atoms with van der Waals surface area (Å²) in [7, 11) is 0. The van der Waals surface area contributed by atoms with Crippen LogP contribution < -0.4 is 11.0 Å². The predicted octanol–water partition coefficient (Wildman–Crippen LogP) is 3.44. The molecule has 0 spiro atoms. The number of aromatic nitrogens is 3. The number of hydrogen-bond acceptors (Lipinski definition) is 7. The topological polar surface area (TPSA) is 138 Å². The Morgan fingerprint density at radius 3 is 2.49 bits per heavy atom. The molecule has 0 unspecified atom stereocenters. The Hall–Kier alpha value is -4.67. The lowest BCUT2D eigenvalue weighted by Gasteiger charge is -2.17. The van der Waals surface area contributed by atoms with Gasteiger partial charge in [-0.15, -0.1) is 0 Å². The van der Waals surface area contributed by atoms with Crippen LogP contribution >= 0.6 is 0 Å². The molecule has 1 amide bonds. The number of esters is 1. The summed E-state index contributed by atoms with van der Waals surface area (Å²) in [6, 6.07) is 9.92. The second-order valence-corrected chi connectivity index (χ2v) is 8.87. The van der Waals surface area contributed by atoms with Crippen molar-refractivity contribution in [3.63, 3.8) is 0 Å². The fourth-order valence-electron chi connectivity index (χ4n) is 3.99. The SMILES string of the molecule is CCOC(=O)c1cc2c(=O)n3cccc(C)c3nc2n(CC(C)C)c1=NC(=O)c1ccc([N+](=O)[O-])cc1. The first-order chi connectivity index (χ1) is 17.6. The molecule has 11 heteroatoms. The maximum absolute atomic E-state index is 13.5. The molecule has 1 aromatic carbocycles. The summed E-state index contributed by atoms with van der Waals surface area (Å²) in [5.41, 5.74) is 0.970. The number of nitrogens with zero attached hydrogens (tertiary/aromatic N) is 5. The molecule has 0 aliphatic heterocycles. The van der Waals surface area contributed by atoms with Crippen molar-refractivity contribution in [2.75, 3.05) is 6.61 Å². The summed E-state index contributed by atoms with van der Waals surface area (Å²) < 4.78 is 8.22. The molecule has 11 nitrogen and oxygen atoms in total. The van der Waals surface area contributed by atoms with Crippen LogP contribution in [0.1, 0.15) is 47.1 Å². The van der Waals surface area contributed by atoms with Gasteiger partial charge in [0, 0.05) is 30.4 Å². The smallest absolute Gasteiger partial charge is 0.341 e. The molecule has 4 aromatic rings. The first-order valence-electron chi connectivity index (χ1n) is 11.7. The number of amides is 1. The Balaban J connectivity index is 2.10. The van der Waals surface area contributed by atoms with E-state index in [9.17, 15) is 24.5 Å². The molecule has 0 bridgehead atoms. The van der Waals surface area contributed by atoms with Crippen molar-refractivity contribution in [1.82, 2.24) is 14.0 Å². The Morgan fingerprint density at radius 2 is 1.86 bits per heavy atom. The highest BCUT2D eigenvalue weighted by molar-refractivity contribution is 5.97. The second-order valence-electron chi connectivity index (χ2n) is 8.87. The van der Waals surface area contributed by atoms with Gasteiger partial charge < -0.3 is 9.30 Å². The Kier molecular flexibility index (Phi) is 6.96. The molecule has 0 saturated carbocycles. The molecule has 3 heterocycles. The monoisotopic (exact) mass is 503 g/mol. The van der Waals surface area contributed by atoms with E-state index in [4.69, 9.17) is 9.72 Å². The molecule has 0 N–H and O–H groups in total. The quantitative estimate of drug-likeness (QED) is 0.170. The van der Waals surface area contributed by atoms with Gasteiger partial charge in [-0.05, 0) is 49.6 Å². The van der Waals surface area contributed by atoms with Crippen molar-refractivity contribution in [3.8, 4) is 0 Å². The van der Waals surface area contributed by atoms with E-state index in [1.54, 1.807) is 23.8 Å². The average molecular weight is 504 g/mol. The molecule has 190 valence electrons. The van der Waals surface area contributed by atoms with E-state index in [1.807, 2.05) is 26.8 Å². The van der Waals surface area contributed by atoms with Gasteiger partial charge in [-0.2, -0.15) is 4.99 Å². The van der Waals surface area contributed by atoms with E-state index in [1.165, 1.54) is 34.7 Å². The highest BCUT2D eigenvalue weighted by Crippen LogP contribution is 2.16. The van der Waals surface area contributed by atoms with E-state index >= 15 is 0 Å². The molecule has 37 heavy (non-hydrogen) atoms. The standard InChI is InChI=1S/C26H25N5O6/c1-5-37-26(34)20-13-19-22(27-21-16(4)7-6-12-29(21)25(19)33)30(14-15(2)3)23(20)28-24(32)17-8-10-18(11-9-17)31(35)36/h6-13,15H,5,14H2,1-4H3. The van der Waals surface area contributed by atoms with Gasteiger partial charge in [0.1, 0.15) is 16.9 Å². The molecule has 0 saturated heterocycles. The molecule has 4 rings (SSSR count). The number of pyridine rings is 2. The average Bonchev–Trinajstić information content (AvgIpc) is 2.86. The third-order valence-electron chi connectivity index (χ3n) is 5.68. The molecule has 0 aliphatic rings. The number of benzene rings is 1. The van der Waals surface area contributed by atoms with E-state index in [-0.39, 0.29) is 51.4 Å². The van der Waals surface area contributed by atoms with Crippen molar-refractivity contribution in [2.45, 2.75) is 34.2 Å². The second kappa shape index (κ2) is 10.1. The maximum atomic E-state index is 13.5. The van der Waals surface area contributed by atoms with Gasteiger partial charge in [0.05, 0.1) is 16.9 Å². The van der Waals surface area contributed by atoms with Crippen LogP contribution in [-0.4, -0.2) is 37.4 Å². The van der Waals surface area contributed by atoms with Gasteiger partial charge in [0.2, 0.25) is 0 Å². The minimum absolute atomic E-state index is 0.00663. The molecular weight excluding hydrogens is 478 g/mol. The number of fused-ring (bicyclic) bond motifs is 2. The van der Waals surface area contributed by atoms with E-state index in [2.05, 4.69) is 4.99 Å². The van der Waals surface area contributed by atoms with Gasteiger partial charge in [-0.3, -0.25) is 24.1 Å². The molecule has 3 aromatic heterocycles. The summed E-state index contributed by atoms with van der Waals surface area (Å²) in [4.78, 5) is 59.0. The molecular formula is C26H25N5O6. The third kappa shape index (κ3) is 4.88. The number of carbonyl (C=O) groups excluding carboxylic acids is 2. The minimum atomic E-state index is -0.745. The zero-order valence-corrected chi connectivity index (χ0v) is 20.8. The van der Waals surface area contributed by atoms with Crippen molar-refractivity contribution in [3.05, 3.63) is 91.3 Å². The van der Waals surface area contributed by atoms with Crippen LogP contribution in [0.25, 0.3) is 16.7 Å². The van der Waals surface area contributed by atoms with Crippen molar-refractivity contribution < 1.29 is 19.2 Å². The largest absolute Gasteiger partial charge is 0.462 e.